The highest BCUT2D eigenvalue weighted by Crippen LogP contribution is 2.41. The largest absolute Gasteiger partial charge is 0.490 e. The summed E-state index contributed by atoms with van der Waals surface area (Å²) >= 11 is 5.83. The Labute approximate surface area is 139 Å². The van der Waals surface area contributed by atoms with Crippen LogP contribution in [-0.2, 0) is 6.42 Å². The lowest BCUT2D eigenvalue weighted by atomic mass is 10.1. The summed E-state index contributed by atoms with van der Waals surface area (Å²) in [5.41, 5.74) is 1.14. The van der Waals surface area contributed by atoms with E-state index in [9.17, 15) is 0 Å². The molecule has 0 saturated heterocycles. The number of halogens is 1. The highest BCUT2D eigenvalue weighted by Gasteiger charge is 2.17. The molecule has 22 heavy (non-hydrogen) atoms. The molecule has 0 saturated carbocycles. The highest BCUT2D eigenvalue weighted by molar-refractivity contribution is 6.17. The summed E-state index contributed by atoms with van der Waals surface area (Å²) in [6.07, 6.45) is 4.69. The lowest BCUT2D eigenvalue weighted by Crippen LogP contribution is -2.07. The molecule has 126 valence electrons. The van der Waals surface area contributed by atoms with Crippen LogP contribution in [-0.4, -0.2) is 25.7 Å². The van der Waals surface area contributed by atoms with Gasteiger partial charge in [0.15, 0.2) is 11.5 Å². The van der Waals surface area contributed by atoms with Crippen molar-refractivity contribution in [3.8, 4) is 17.2 Å². The first-order valence-electron chi connectivity index (χ1n) is 8.38. The Balaban J connectivity index is 3.11. The number of benzene rings is 1. The van der Waals surface area contributed by atoms with Gasteiger partial charge in [0.2, 0.25) is 5.75 Å². The number of hydrogen-bond donors (Lipinski definition) is 0. The summed E-state index contributed by atoms with van der Waals surface area (Å²) in [4.78, 5) is 0. The van der Waals surface area contributed by atoms with Crippen molar-refractivity contribution in [1.29, 1.82) is 0 Å². The zero-order chi connectivity index (χ0) is 16.2. The summed E-state index contributed by atoms with van der Waals surface area (Å²) in [5, 5.41) is 0. The van der Waals surface area contributed by atoms with Crippen molar-refractivity contribution >= 4 is 11.6 Å². The number of ether oxygens (including phenoxy) is 3. The summed E-state index contributed by atoms with van der Waals surface area (Å²) in [7, 11) is 0. The van der Waals surface area contributed by atoms with Gasteiger partial charge in [-0.1, -0.05) is 26.8 Å². The molecule has 0 aliphatic heterocycles. The SMILES string of the molecule is CCCOc1ccc(CCCCl)c(OCCC)c1OCCC. The maximum atomic E-state index is 5.98. The van der Waals surface area contributed by atoms with E-state index in [4.69, 9.17) is 25.8 Å². The van der Waals surface area contributed by atoms with Gasteiger partial charge in [0, 0.05) is 5.88 Å². The maximum absolute atomic E-state index is 5.98. The Bertz CT molecular complexity index is 382. The van der Waals surface area contributed by atoms with Gasteiger partial charge in [-0.25, -0.2) is 0 Å². The first kappa shape index (κ1) is 19.0. The van der Waals surface area contributed by atoms with Crippen molar-refractivity contribution in [2.24, 2.45) is 0 Å². The van der Waals surface area contributed by atoms with Crippen molar-refractivity contribution < 1.29 is 14.2 Å². The van der Waals surface area contributed by atoms with E-state index in [-0.39, 0.29) is 0 Å². The van der Waals surface area contributed by atoms with Crippen LogP contribution < -0.4 is 14.2 Å². The second-order valence-electron chi connectivity index (χ2n) is 5.22. The first-order valence-corrected chi connectivity index (χ1v) is 8.92. The Morgan fingerprint density at radius 1 is 0.818 bits per heavy atom. The molecule has 0 aliphatic carbocycles. The molecule has 0 spiro atoms. The van der Waals surface area contributed by atoms with Crippen LogP contribution in [0, 0.1) is 0 Å². The molecule has 1 rings (SSSR count). The molecule has 1 aromatic rings. The first-order chi connectivity index (χ1) is 10.8. The van der Waals surface area contributed by atoms with Crippen LogP contribution in [0.5, 0.6) is 17.2 Å². The second-order valence-corrected chi connectivity index (χ2v) is 5.60. The van der Waals surface area contributed by atoms with Crippen molar-refractivity contribution in [2.45, 2.75) is 52.9 Å². The van der Waals surface area contributed by atoms with Crippen molar-refractivity contribution in [3.63, 3.8) is 0 Å². The average molecular weight is 329 g/mol. The molecular formula is C18H29ClO3. The fourth-order valence-electron chi connectivity index (χ4n) is 2.07. The van der Waals surface area contributed by atoms with Gasteiger partial charge in [0.25, 0.3) is 0 Å². The van der Waals surface area contributed by atoms with Gasteiger partial charge in [-0.2, -0.15) is 0 Å². The van der Waals surface area contributed by atoms with Gasteiger partial charge in [0.1, 0.15) is 0 Å². The highest BCUT2D eigenvalue weighted by atomic mass is 35.5. The molecule has 0 unspecified atom stereocenters. The minimum Gasteiger partial charge on any atom is -0.490 e. The molecular weight excluding hydrogens is 300 g/mol. The van der Waals surface area contributed by atoms with Gasteiger partial charge in [0.05, 0.1) is 19.8 Å². The van der Waals surface area contributed by atoms with Crippen LogP contribution in [0.4, 0.5) is 0 Å². The van der Waals surface area contributed by atoms with Crippen LogP contribution in [0.1, 0.15) is 52.0 Å². The fourth-order valence-corrected chi connectivity index (χ4v) is 2.20. The molecule has 1 aromatic carbocycles. The lowest BCUT2D eigenvalue weighted by Gasteiger charge is -2.19. The summed E-state index contributed by atoms with van der Waals surface area (Å²) in [5.74, 6) is 2.99. The van der Waals surface area contributed by atoms with Gasteiger partial charge >= 0.3 is 0 Å². The molecule has 0 heterocycles. The maximum Gasteiger partial charge on any atom is 0.203 e. The number of rotatable bonds is 12. The molecule has 0 radical (unpaired) electrons. The van der Waals surface area contributed by atoms with Crippen LogP contribution in [0.15, 0.2) is 12.1 Å². The second kappa shape index (κ2) is 11.5. The normalized spacial score (nSPS) is 10.5. The van der Waals surface area contributed by atoms with E-state index in [1.165, 1.54) is 0 Å². The van der Waals surface area contributed by atoms with E-state index in [1.54, 1.807) is 0 Å². The lowest BCUT2D eigenvalue weighted by molar-refractivity contribution is 0.241. The quantitative estimate of drug-likeness (QED) is 0.492. The van der Waals surface area contributed by atoms with E-state index in [2.05, 4.69) is 26.8 Å². The molecule has 4 heteroatoms. The minimum absolute atomic E-state index is 0.645. The van der Waals surface area contributed by atoms with Gasteiger partial charge in [-0.05, 0) is 43.7 Å². The predicted molar refractivity (Wildman–Crippen MR) is 92.8 cm³/mol. The van der Waals surface area contributed by atoms with E-state index >= 15 is 0 Å². The fraction of sp³-hybridized carbons (Fsp3) is 0.667. The topological polar surface area (TPSA) is 27.7 Å². The standard InChI is InChI=1S/C18H29ClO3/c1-4-12-20-16-10-9-15(8-7-11-19)17(21-13-5-2)18(16)22-14-6-3/h9-10H,4-8,11-14H2,1-3H3. The average Bonchev–Trinajstić information content (AvgIpc) is 2.55. The Morgan fingerprint density at radius 3 is 2.00 bits per heavy atom. The van der Waals surface area contributed by atoms with Crippen LogP contribution in [0.3, 0.4) is 0 Å². The van der Waals surface area contributed by atoms with E-state index in [0.29, 0.717) is 25.7 Å². The zero-order valence-electron chi connectivity index (χ0n) is 14.1. The third-order valence-electron chi connectivity index (χ3n) is 3.10. The summed E-state index contributed by atoms with van der Waals surface area (Å²) in [6, 6.07) is 4.06. The van der Waals surface area contributed by atoms with Crippen LogP contribution in [0.25, 0.3) is 0 Å². The molecule has 0 bridgehead atoms. The molecule has 0 atom stereocenters. The monoisotopic (exact) mass is 328 g/mol. The van der Waals surface area contributed by atoms with Crippen LogP contribution >= 0.6 is 11.6 Å². The van der Waals surface area contributed by atoms with Crippen molar-refractivity contribution in [3.05, 3.63) is 17.7 Å². The number of hydrogen-bond acceptors (Lipinski definition) is 3. The van der Waals surface area contributed by atoms with Gasteiger partial charge < -0.3 is 14.2 Å². The molecule has 0 aromatic heterocycles. The molecule has 0 amide bonds. The smallest absolute Gasteiger partial charge is 0.203 e. The molecule has 0 fully saturated rings. The van der Waals surface area contributed by atoms with Gasteiger partial charge in [-0.15, -0.1) is 11.6 Å². The predicted octanol–water partition coefficient (Wildman–Crippen LogP) is 5.22. The summed E-state index contributed by atoms with van der Waals surface area (Å²) in [6.45, 7) is 8.29. The Morgan fingerprint density at radius 2 is 1.41 bits per heavy atom. The number of aryl methyl sites for hydroxylation is 1. The Kier molecular flexibility index (Phi) is 9.89. The summed E-state index contributed by atoms with van der Waals surface area (Å²) < 4.78 is 17.8. The van der Waals surface area contributed by atoms with E-state index in [1.807, 2.05) is 6.07 Å². The van der Waals surface area contributed by atoms with E-state index < -0.39 is 0 Å². The molecule has 0 aliphatic rings. The third-order valence-corrected chi connectivity index (χ3v) is 3.37. The molecule has 0 N–H and O–H groups in total. The minimum atomic E-state index is 0.645. The molecule has 3 nitrogen and oxygen atoms in total. The third kappa shape index (κ3) is 5.96. The Hall–Kier alpha value is -1.09. The van der Waals surface area contributed by atoms with Crippen LogP contribution in [0.2, 0.25) is 0 Å². The zero-order valence-corrected chi connectivity index (χ0v) is 14.9. The van der Waals surface area contributed by atoms with Crippen molar-refractivity contribution in [1.82, 2.24) is 0 Å². The van der Waals surface area contributed by atoms with E-state index in [0.717, 1.165) is 54.9 Å². The van der Waals surface area contributed by atoms with Gasteiger partial charge in [-0.3, -0.25) is 0 Å². The van der Waals surface area contributed by atoms with Crippen molar-refractivity contribution in [2.75, 3.05) is 25.7 Å². The number of alkyl halides is 1.